The number of hydrogen-bond acceptors (Lipinski definition) is 4. The lowest BCUT2D eigenvalue weighted by Gasteiger charge is -2.26. The maximum atomic E-state index is 5.41. The maximum absolute atomic E-state index is 5.41. The van der Waals surface area contributed by atoms with Crippen LogP contribution in [0.25, 0.3) is 21.7 Å². The standard InChI is InChI=1S/C19H21N3O/c1-2-5-16-15(4-1)14-18-17(6-3-7-20-18)19(16)21-8-9-22-10-12-23-13-11-22/h1-7,14,21H,8-13H2. The molecule has 0 saturated carbocycles. The van der Waals surface area contributed by atoms with E-state index in [4.69, 9.17) is 4.74 Å². The Morgan fingerprint density at radius 1 is 1.04 bits per heavy atom. The van der Waals surface area contributed by atoms with Gasteiger partial charge in [0.2, 0.25) is 0 Å². The summed E-state index contributed by atoms with van der Waals surface area (Å²) in [5.41, 5.74) is 2.24. The molecule has 4 nitrogen and oxygen atoms in total. The molecule has 0 spiro atoms. The van der Waals surface area contributed by atoms with E-state index in [-0.39, 0.29) is 0 Å². The summed E-state index contributed by atoms with van der Waals surface area (Å²) in [5, 5.41) is 7.33. The fraction of sp³-hybridized carbons (Fsp3) is 0.316. The third kappa shape index (κ3) is 3.00. The summed E-state index contributed by atoms with van der Waals surface area (Å²) < 4.78 is 5.41. The summed E-state index contributed by atoms with van der Waals surface area (Å²) in [6.07, 6.45) is 1.86. The average molecular weight is 307 g/mol. The topological polar surface area (TPSA) is 37.4 Å². The number of ether oxygens (including phenoxy) is 1. The van der Waals surface area contributed by atoms with E-state index in [0.717, 1.165) is 44.9 Å². The second-order valence-electron chi connectivity index (χ2n) is 5.92. The largest absolute Gasteiger partial charge is 0.383 e. The molecule has 2 heterocycles. The molecule has 23 heavy (non-hydrogen) atoms. The Kier molecular flexibility index (Phi) is 4.09. The van der Waals surface area contributed by atoms with Gasteiger partial charge in [-0.2, -0.15) is 0 Å². The minimum atomic E-state index is 0.848. The Morgan fingerprint density at radius 2 is 1.87 bits per heavy atom. The first-order valence-electron chi connectivity index (χ1n) is 8.22. The first-order valence-corrected chi connectivity index (χ1v) is 8.22. The van der Waals surface area contributed by atoms with Crippen molar-refractivity contribution in [2.75, 3.05) is 44.7 Å². The van der Waals surface area contributed by atoms with Crippen LogP contribution in [0.3, 0.4) is 0 Å². The molecule has 1 aliphatic heterocycles. The Hall–Kier alpha value is -2.17. The predicted molar refractivity (Wildman–Crippen MR) is 95.0 cm³/mol. The number of pyridine rings is 1. The smallest absolute Gasteiger partial charge is 0.0729 e. The summed E-state index contributed by atoms with van der Waals surface area (Å²) in [6.45, 7) is 5.72. The quantitative estimate of drug-likeness (QED) is 0.752. The third-order valence-corrected chi connectivity index (χ3v) is 4.46. The van der Waals surface area contributed by atoms with Gasteiger partial charge in [-0.3, -0.25) is 9.88 Å². The SMILES string of the molecule is c1ccc2c(NCCN3CCOCC3)c3cccnc3cc2c1. The number of nitrogens with one attached hydrogen (secondary N) is 1. The molecule has 1 aromatic heterocycles. The molecule has 4 heteroatoms. The number of aromatic nitrogens is 1. The first kappa shape index (κ1) is 14.4. The molecule has 0 atom stereocenters. The molecule has 3 aromatic rings. The van der Waals surface area contributed by atoms with Crippen LogP contribution in [0.1, 0.15) is 0 Å². The zero-order chi connectivity index (χ0) is 15.5. The van der Waals surface area contributed by atoms with Gasteiger partial charge < -0.3 is 10.1 Å². The van der Waals surface area contributed by atoms with Crippen molar-refractivity contribution < 1.29 is 4.74 Å². The van der Waals surface area contributed by atoms with Crippen molar-refractivity contribution in [3.05, 3.63) is 48.7 Å². The molecule has 118 valence electrons. The fourth-order valence-corrected chi connectivity index (χ4v) is 3.24. The number of rotatable bonds is 4. The highest BCUT2D eigenvalue weighted by atomic mass is 16.5. The van der Waals surface area contributed by atoms with Gasteiger partial charge in [0.25, 0.3) is 0 Å². The summed E-state index contributed by atoms with van der Waals surface area (Å²) in [5.74, 6) is 0. The molecule has 1 N–H and O–H groups in total. The normalized spacial score (nSPS) is 16.0. The maximum Gasteiger partial charge on any atom is 0.0729 e. The number of hydrogen-bond donors (Lipinski definition) is 1. The van der Waals surface area contributed by atoms with Gasteiger partial charge in [-0.15, -0.1) is 0 Å². The van der Waals surface area contributed by atoms with Crippen LogP contribution in [-0.4, -0.2) is 49.3 Å². The molecular formula is C19H21N3O. The zero-order valence-corrected chi connectivity index (χ0v) is 13.2. The van der Waals surface area contributed by atoms with E-state index in [9.17, 15) is 0 Å². The van der Waals surface area contributed by atoms with Crippen molar-refractivity contribution in [1.82, 2.24) is 9.88 Å². The van der Waals surface area contributed by atoms with Gasteiger partial charge in [-0.25, -0.2) is 0 Å². The van der Waals surface area contributed by atoms with Gasteiger partial charge in [0, 0.05) is 43.1 Å². The molecule has 0 bridgehead atoms. The summed E-state index contributed by atoms with van der Waals surface area (Å²) in [7, 11) is 0. The Balaban J connectivity index is 1.63. The highest BCUT2D eigenvalue weighted by Gasteiger charge is 2.11. The van der Waals surface area contributed by atoms with Gasteiger partial charge in [0.05, 0.1) is 24.4 Å². The van der Waals surface area contributed by atoms with E-state index in [2.05, 4.69) is 51.6 Å². The molecule has 0 aliphatic carbocycles. The van der Waals surface area contributed by atoms with Crippen LogP contribution < -0.4 is 5.32 Å². The van der Waals surface area contributed by atoms with Crippen LogP contribution in [0.4, 0.5) is 5.69 Å². The number of fused-ring (bicyclic) bond motifs is 2. The highest BCUT2D eigenvalue weighted by Crippen LogP contribution is 2.31. The van der Waals surface area contributed by atoms with Gasteiger partial charge in [-0.05, 0) is 23.6 Å². The zero-order valence-electron chi connectivity index (χ0n) is 13.2. The summed E-state index contributed by atoms with van der Waals surface area (Å²) in [6, 6.07) is 14.8. The lowest BCUT2D eigenvalue weighted by molar-refractivity contribution is 0.0398. The third-order valence-electron chi connectivity index (χ3n) is 4.46. The van der Waals surface area contributed by atoms with E-state index in [0.29, 0.717) is 0 Å². The van der Waals surface area contributed by atoms with Crippen LogP contribution in [0, 0.1) is 0 Å². The monoisotopic (exact) mass is 307 g/mol. The Morgan fingerprint density at radius 3 is 2.78 bits per heavy atom. The van der Waals surface area contributed by atoms with Crippen molar-refractivity contribution in [1.29, 1.82) is 0 Å². The second-order valence-corrected chi connectivity index (χ2v) is 5.92. The molecule has 0 radical (unpaired) electrons. The van der Waals surface area contributed by atoms with E-state index < -0.39 is 0 Å². The Bertz CT molecular complexity index is 758. The Labute approximate surface area is 136 Å². The van der Waals surface area contributed by atoms with Gasteiger partial charge in [0.1, 0.15) is 0 Å². The summed E-state index contributed by atoms with van der Waals surface area (Å²) in [4.78, 5) is 6.97. The minimum Gasteiger partial charge on any atom is -0.383 e. The van der Waals surface area contributed by atoms with Crippen molar-refractivity contribution in [2.24, 2.45) is 0 Å². The highest BCUT2D eigenvalue weighted by molar-refractivity contribution is 6.09. The van der Waals surface area contributed by atoms with Gasteiger partial charge >= 0.3 is 0 Å². The van der Waals surface area contributed by atoms with Crippen LogP contribution in [0.15, 0.2) is 48.7 Å². The predicted octanol–water partition coefficient (Wildman–Crippen LogP) is 3.13. The molecule has 1 aliphatic rings. The minimum absolute atomic E-state index is 0.848. The number of anilines is 1. The van der Waals surface area contributed by atoms with Gasteiger partial charge in [-0.1, -0.05) is 24.3 Å². The lowest BCUT2D eigenvalue weighted by Crippen LogP contribution is -2.39. The lowest BCUT2D eigenvalue weighted by atomic mass is 10.0. The van der Waals surface area contributed by atoms with Crippen LogP contribution >= 0.6 is 0 Å². The molecule has 0 amide bonds. The second kappa shape index (κ2) is 6.52. The van der Waals surface area contributed by atoms with Crippen molar-refractivity contribution in [2.45, 2.75) is 0 Å². The van der Waals surface area contributed by atoms with Crippen molar-refractivity contribution >= 4 is 27.4 Å². The number of nitrogens with zero attached hydrogens (tertiary/aromatic N) is 2. The van der Waals surface area contributed by atoms with Gasteiger partial charge in [0.15, 0.2) is 0 Å². The first-order chi connectivity index (χ1) is 11.4. The molecular weight excluding hydrogens is 286 g/mol. The molecule has 1 fully saturated rings. The van der Waals surface area contributed by atoms with E-state index in [1.54, 1.807) is 0 Å². The van der Waals surface area contributed by atoms with Crippen LogP contribution in [-0.2, 0) is 4.74 Å². The summed E-state index contributed by atoms with van der Waals surface area (Å²) >= 11 is 0. The molecule has 1 saturated heterocycles. The van der Waals surface area contributed by atoms with Crippen molar-refractivity contribution in [3.8, 4) is 0 Å². The van der Waals surface area contributed by atoms with Crippen LogP contribution in [0.5, 0.6) is 0 Å². The molecule has 2 aromatic carbocycles. The number of benzene rings is 2. The average Bonchev–Trinajstić information content (AvgIpc) is 2.62. The van der Waals surface area contributed by atoms with E-state index in [1.165, 1.54) is 21.8 Å². The molecule has 4 rings (SSSR count). The number of morpholine rings is 1. The van der Waals surface area contributed by atoms with Crippen LogP contribution in [0.2, 0.25) is 0 Å². The molecule has 0 unspecified atom stereocenters. The van der Waals surface area contributed by atoms with E-state index in [1.807, 2.05) is 12.3 Å². The fourth-order valence-electron chi connectivity index (χ4n) is 3.24. The van der Waals surface area contributed by atoms with Crippen molar-refractivity contribution in [3.63, 3.8) is 0 Å². The van der Waals surface area contributed by atoms with E-state index >= 15 is 0 Å².